The minimum atomic E-state index is -0.153. The van der Waals surface area contributed by atoms with Gasteiger partial charge in [-0.05, 0) is 50.8 Å². The van der Waals surface area contributed by atoms with Crippen LogP contribution in [0.25, 0.3) is 10.9 Å². The van der Waals surface area contributed by atoms with Crippen molar-refractivity contribution < 1.29 is 14.4 Å². The molecule has 1 aromatic carbocycles. The highest BCUT2D eigenvalue weighted by molar-refractivity contribution is 6.05. The third kappa shape index (κ3) is 3.56. The molecule has 2 heterocycles. The van der Waals surface area contributed by atoms with Crippen LogP contribution >= 0.6 is 0 Å². The summed E-state index contributed by atoms with van der Waals surface area (Å²) in [6.45, 7) is 6.80. The van der Waals surface area contributed by atoms with Gasteiger partial charge in [-0.15, -0.1) is 0 Å². The van der Waals surface area contributed by atoms with Crippen molar-refractivity contribution in [2.24, 2.45) is 11.8 Å². The Kier molecular flexibility index (Phi) is 5.19. The first-order chi connectivity index (χ1) is 13.9. The molecule has 154 valence electrons. The molecule has 1 aromatic heterocycles. The van der Waals surface area contributed by atoms with Gasteiger partial charge < -0.3 is 10.3 Å². The minimum absolute atomic E-state index is 0.0785. The lowest BCUT2D eigenvalue weighted by Crippen LogP contribution is -2.35. The maximum Gasteiger partial charge on any atom is 0.233 e. The quantitative estimate of drug-likeness (QED) is 0.762. The Bertz CT molecular complexity index is 967. The molecule has 2 aromatic rings. The van der Waals surface area contributed by atoms with Gasteiger partial charge in [0.05, 0.1) is 17.4 Å². The number of benzene rings is 1. The van der Waals surface area contributed by atoms with Crippen LogP contribution in [0.2, 0.25) is 0 Å². The summed E-state index contributed by atoms with van der Waals surface area (Å²) in [4.78, 5) is 42.2. The van der Waals surface area contributed by atoms with Crippen LogP contribution in [-0.4, -0.2) is 34.2 Å². The number of likely N-dealkylation sites (tertiary alicyclic amines) is 1. The number of H-pyrrole nitrogens is 1. The summed E-state index contributed by atoms with van der Waals surface area (Å²) in [5.74, 6) is -0.607. The summed E-state index contributed by atoms with van der Waals surface area (Å²) >= 11 is 0. The van der Waals surface area contributed by atoms with Crippen molar-refractivity contribution in [2.45, 2.75) is 59.4 Å². The summed E-state index contributed by atoms with van der Waals surface area (Å²) in [5.41, 5.74) is 5.61. The van der Waals surface area contributed by atoms with Gasteiger partial charge in [0.2, 0.25) is 17.7 Å². The normalized spacial score (nSPS) is 21.7. The average molecular weight is 396 g/mol. The largest absolute Gasteiger partial charge is 0.358 e. The average Bonchev–Trinajstić information content (AvgIpc) is 3.12. The smallest absolute Gasteiger partial charge is 0.233 e. The molecule has 6 heteroatoms. The number of nitrogens with one attached hydrogen (secondary N) is 2. The summed E-state index contributed by atoms with van der Waals surface area (Å²) in [7, 11) is 0. The second-order valence-electron chi connectivity index (χ2n) is 8.57. The van der Waals surface area contributed by atoms with E-state index in [0.717, 1.165) is 48.0 Å². The van der Waals surface area contributed by atoms with Crippen molar-refractivity contribution in [2.75, 3.05) is 6.54 Å². The van der Waals surface area contributed by atoms with E-state index in [9.17, 15) is 14.4 Å². The number of aryl methyl sites for hydroxylation is 3. The molecular weight excluding hydrogens is 366 g/mol. The number of imide groups is 1. The fourth-order valence-corrected chi connectivity index (χ4v) is 4.87. The maximum absolute atomic E-state index is 12.5. The van der Waals surface area contributed by atoms with Crippen molar-refractivity contribution in [3.63, 3.8) is 0 Å². The molecule has 0 bridgehead atoms. The highest BCUT2D eigenvalue weighted by Crippen LogP contribution is 2.38. The van der Waals surface area contributed by atoms with E-state index < -0.39 is 0 Å². The van der Waals surface area contributed by atoms with Gasteiger partial charge in [-0.1, -0.05) is 24.5 Å². The Labute approximate surface area is 171 Å². The van der Waals surface area contributed by atoms with Crippen LogP contribution in [0, 0.1) is 32.6 Å². The van der Waals surface area contributed by atoms with Crippen LogP contribution in [0.5, 0.6) is 0 Å². The number of rotatable bonds is 5. The number of aromatic nitrogens is 1. The second kappa shape index (κ2) is 7.65. The molecule has 0 spiro atoms. The monoisotopic (exact) mass is 395 g/mol. The first kappa shape index (κ1) is 19.7. The lowest BCUT2D eigenvalue weighted by Gasteiger charge is -2.19. The minimum Gasteiger partial charge on any atom is -0.358 e. The molecule has 29 heavy (non-hydrogen) atoms. The van der Waals surface area contributed by atoms with Gasteiger partial charge in [-0.25, -0.2) is 0 Å². The third-order valence-corrected chi connectivity index (χ3v) is 6.61. The van der Waals surface area contributed by atoms with Crippen LogP contribution in [0.3, 0.4) is 0 Å². The predicted molar refractivity (Wildman–Crippen MR) is 111 cm³/mol. The summed E-state index contributed by atoms with van der Waals surface area (Å²) in [5, 5.41) is 4.14. The van der Waals surface area contributed by atoms with E-state index in [4.69, 9.17) is 0 Å². The molecular formula is C23H29N3O3. The molecule has 2 N–H and O–H groups in total. The van der Waals surface area contributed by atoms with Crippen LogP contribution < -0.4 is 5.32 Å². The highest BCUT2D eigenvalue weighted by atomic mass is 16.2. The molecule has 1 aliphatic heterocycles. The number of carbonyl (C=O) groups excluding carboxylic acids is 3. The molecule has 2 atom stereocenters. The number of nitrogens with zero attached hydrogens (tertiary/aromatic N) is 1. The zero-order valence-electron chi connectivity index (χ0n) is 17.4. The molecule has 1 saturated heterocycles. The molecule has 6 nitrogen and oxygen atoms in total. The number of aromatic amines is 1. The van der Waals surface area contributed by atoms with Crippen molar-refractivity contribution in [3.8, 4) is 0 Å². The molecule has 2 fully saturated rings. The SMILES string of the molecule is Cc1cc(CNC(=O)CCN2C(=O)[C@H]3CCCC[C@@H]3C2=O)c2[nH]c(C)c(C)c2c1. The molecule has 0 radical (unpaired) electrons. The standard InChI is InChI=1S/C23H29N3O3/c1-13-10-16(21-19(11-13)14(2)15(3)25-21)12-24-20(27)8-9-26-22(28)17-6-4-5-7-18(17)23(26)29/h10-11,17-18,25H,4-9,12H2,1-3H3,(H,24,27)/t17-,18-/m0/s1. The third-order valence-electron chi connectivity index (χ3n) is 6.61. The molecule has 2 aliphatic rings. The highest BCUT2D eigenvalue weighted by Gasteiger charge is 2.47. The van der Waals surface area contributed by atoms with Gasteiger partial charge in [0, 0.05) is 30.6 Å². The molecule has 1 aliphatic carbocycles. The fourth-order valence-electron chi connectivity index (χ4n) is 4.87. The Morgan fingerprint density at radius 2 is 1.76 bits per heavy atom. The predicted octanol–water partition coefficient (Wildman–Crippen LogP) is 3.27. The van der Waals surface area contributed by atoms with Gasteiger partial charge in [0.25, 0.3) is 0 Å². The first-order valence-corrected chi connectivity index (χ1v) is 10.6. The Hall–Kier alpha value is -2.63. The maximum atomic E-state index is 12.5. The molecule has 3 amide bonds. The Morgan fingerprint density at radius 3 is 2.41 bits per heavy atom. The fraction of sp³-hybridized carbons (Fsp3) is 0.522. The molecule has 0 unspecified atom stereocenters. The number of carbonyl (C=O) groups is 3. The molecule has 4 rings (SSSR count). The number of fused-ring (bicyclic) bond motifs is 2. The topological polar surface area (TPSA) is 82.3 Å². The number of amides is 3. The Balaban J connectivity index is 1.38. The zero-order chi connectivity index (χ0) is 20.7. The lowest BCUT2D eigenvalue weighted by molar-refractivity contribution is -0.140. The summed E-state index contributed by atoms with van der Waals surface area (Å²) in [6, 6.07) is 4.24. The van der Waals surface area contributed by atoms with E-state index in [-0.39, 0.29) is 42.5 Å². The summed E-state index contributed by atoms with van der Waals surface area (Å²) < 4.78 is 0. The van der Waals surface area contributed by atoms with Crippen molar-refractivity contribution in [1.82, 2.24) is 15.2 Å². The number of hydrogen-bond donors (Lipinski definition) is 2. The van der Waals surface area contributed by atoms with Gasteiger partial charge in [-0.2, -0.15) is 0 Å². The van der Waals surface area contributed by atoms with Crippen LogP contribution in [-0.2, 0) is 20.9 Å². The van der Waals surface area contributed by atoms with Gasteiger partial charge in [0.15, 0.2) is 0 Å². The van der Waals surface area contributed by atoms with E-state index in [0.29, 0.717) is 6.54 Å². The van der Waals surface area contributed by atoms with Crippen molar-refractivity contribution in [3.05, 3.63) is 34.5 Å². The van der Waals surface area contributed by atoms with E-state index >= 15 is 0 Å². The van der Waals surface area contributed by atoms with E-state index in [1.165, 1.54) is 15.8 Å². The second-order valence-corrected chi connectivity index (χ2v) is 8.57. The van der Waals surface area contributed by atoms with E-state index in [1.54, 1.807) is 0 Å². The number of hydrogen-bond acceptors (Lipinski definition) is 3. The first-order valence-electron chi connectivity index (χ1n) is 10.6. The van der Waals surface area contributed by atoms with Crippen molar-refractivity contribution in [1.29, 1.82) is 0 Å². The van der Waals surface area contributed by atoms with Crippen molar-refractivity contribution >= 4 is 28.6 Å². The molecule has 1 saturated carbocycles. The van der Waals surface area contributed by atoms with Gasteiger partial charge in [0.1, 0.15) is 0 Å². The van der Waals surface area contributed by atoms with Gasteiger partial charge >= 0.3 is 0 Å². The van der Waals surface area contributed by atoms with E-state index in [2.05, 4.69) is 43.2 Å². The van der Waals surface area contributed by atoms with Gasteiger partial charge in [-0.3, -0.25) is 19.3 Å². The van der Waals surface area contributed by atoms with Crippen LogP contribution in [0.4, 0.5) is 0 Å². The lowest BCUT2D eigenvalue weighted by atomic mass is 9.81. The summed E-state index contributed by atoms with van der Waals surface area (Å²) in [6.07, 6.45) is 3.77. The zero-order valence-corrected chi connectivity index (χ0v) is 17.4. The van der Waals surface area contributed by atoms with Crippen LogP contribution in [0.15, 0.2) is 12.1 Å². The van der Waals surface area contributed by atoms with E-state index in [1.807, 2.05) is 0 Å². The van der Waals surface area contributed by atoms with Crippen LogP contribution in [0.1, 0.15) is 54.5 Å². The Morgan fingerprint density at radius 1 is 1.10 bits per heavy atom.